The van der Waals surface area contributed by atoms with Crippen LogP contribution >= 0.6 is 11.6 Å². The molecule has 1 aliphatic heterocycles. The number of halogens is 1. The summed E-state index contributed by atoms with van der Waals surface area (Å²) in [6, 6.07) is 6.36. The molecular formula is C16H25ClN2O. The maximum Gasteiger partial charge on any atom is 0.0801 e. The van der Waals surface area contributed by atoms with Gasteiger partial charge in [0.2, 0.25) is 0 Å². The van der Waals surface area contributed by atoms with Crippen LogP contribution in [-0.4, -0.2) is 31.8 Å². The van der Waals surface area contributed by atoms with Crippen molar-refractivity contribution in [2.45, 2.75) is 39.3 Å². The predicted octanol–water partition coefficient (Wildman–Crippen LogP) is 3.45. The summed E-state index contributed by atoms with van der Waals surface area (Å²) in [6.07, 6.45) is 1.15. The van der Waals surface area contributed by atoms with Crippen LogP contribution in [0.4, 0.5) is 5.69 Å². The van der Waals surface area contributed by atoms with E-state index < -0.39 is 0 Å². The van der Waals surface area contributed by atoms with Crippen LogP contribution in [-0.2, 0) is 11.3 Å². The largest absolute Gasteiger partial charge is 0.372 e. The maximum absolute atomic E-state index is 6.46. The van der Waals surface area contributed by atoms with E-state index in [4.69, 9.17) is 16.3 Å². The average Bonchev–Trinajstić information content (AvgIpc) is 2.38. The molecule has 0 atom stereocenters. The minimum atomic E-state index is -0.108. The monoisotopic (exact) mass is 296 g/mol. The van der Waals surface area contributed by atoms with Gasteiger partial charge < -0.3 is 15.0 Å². The van der Waals surface area contributed by atoms with Gasteiger partial charge in [0.15, 0.2) is 0 Å². The summed E-state index contributed by atoms with van der Waals surface area (Å²) in [5.74, 6) is 0. The normalized spacial score (nSPS) is 18.3. The van der Waals surface area contributed by atoms with Crippen molar-refractivity contribution in [3.05, 3.63) is 28.8 Å². The topological polar surface area (TPSA) is 24.5 Å². The lowest BCUT2D eigenvalue weighted by Crippen LogP contribution is -2.48. The molecule has 4 heteroatoms. The lowest BCUT2D eigenvalue weighted by molar-refractivity contribution is -0.0276. The van der Waals surface area contributed by atoms with Gasteiger partial charge in [0, 0.05) is 19.6 Å². The molecule has 1 aromatic carbocycles. The lowest BCUT2D eigenvalue weighted by Gasteiger charge is -2.39. The smallest absolute Gasteiger partial charge is 0.0801 e. The fraction of sp³-hybridized carbons (Fsp3) is 0.625. The minimum absolute atomic E-state index is 0.108. The standard InChI is InChI=1S/C16H25ClN2O/c1-4-7-18-11-13-5-6-15(14(17)10-13)19-8-9-20-16(2,3)12-19/h5-6,10,18H,4,7-9,11-12H2,1-3H3. The molecule has 0 saturated carbocycles. The van der Waals surface area contributed by atoms with Gasteiger partial charge in [-0.25, -0.2) is 0 Å². The van der Waals surface area contributed by atoms with E-state index in [1.54, 1.807) is 0 Å². The zero-order chi connectivity index (χ0) is 14.6. The van der Waals surface area contributed by atoms with Gasteiger partial charge in [0.25, 0.3) is 0 Å². The Balaban J connectivity index is 2.05. The molecule has 1 fully saturated rings. The highest BCUT2D eigenvalue weighted by molar-refractivity contribution is 6.33. The summed E-state index contributed by atoms with van der Waals surface area (Å²) in [7, 11) is 0. The van der Waals surface area contributed by atoms with Crippen LogP contribution in [0.2, 0.25) is 5.02 Å². The Labute approximate surface area is 127 Å². The second kappa shape index (κ2) is 6.79. The van der Waals surface area contributed by atoms with Gasteiger partial charge in [-0.05, 0) is 44.5 Å². The summed E-state index contributed by atoms with van der Waals surface area (Å²) in [5.41, 5.74) is 2.24. The van der Waals surface area contributed by atoms with E-state index in [0.29, 0.717) is 0 Å². The number of anilines is 1. The van der Waals surface area contributed by atoms with E-state index in [9.17, 15) is 0 Å². The highest BCUT2D eigenvalue weighted by Crippen LogP contribution is 2.30. The molecule has 112 valence electrons. The first-order valence-electron chi connectivity index (χ1n) is 7.40. The van der Waals surface area contributed by atoms with Crippen molar-refractivity contribution in [3.8, 4) is 0 Å². The molecule has 2 rings (SSSR count). The second-order valence-electron chi connectivity index (χ2n) is 5.99. The zero-order valence-corrected chi connectivity index (χ0v) is 13.5. The Kier molecular flexibility index (Phi) is 5.30. The number of benzene rings is 1. The molecular weight excluding hydrogens is 272 g/mol. The van der Waals surface area contributed by atoms with Crippen molar-refractivity contribution >= 4 is 17.3 Å². The highest BCUT2D eigenvalue weighted by atomic mass is 35.5. The van der Waals surface area contributed by atoms with E-state index in [2.05, 4.69) is 49.2 Å². The van der Waals surface area contributed by atoms with Gasteiger partial charge in [0.05, 0.1) is 22.9 Å². The Bertz CT molecular complexity index is 448. The summed E-state index contributed by atoms with van der Waals surface area (Å²) < 4.78 is 5.75. The molecule has 0 bridgehead atoms. The third-order valence-electron chi connectivity index (χ3n) is 3.53. The van der Waals surface area contributed by atoms with Crippen LogP contribution < -0.4 is 10.2 Å². The van der Waals surface area contributed by atoms with Crippen molar-refractivity contribution in [2.24, 2.45) is 0 Å². The van der Waals surface area contributed by atoms with Crippen molar-refractivity contribution in [2.75, 3.05) is 31.1 Å². The van der Waals surface area contributed by atoms with Gasteiger partial charge in [-0.2, -0.15) is 0 Å². The molecule has 1 N–H and O–H groups in total. The molecule has 1 heterocycles. The van der Waals surface area contributed by atoms with Gasteiger partial charge in [0.1, 0.15) is 0 Å². The first-order valence-corrected chi connectivity index (χ1v) is 7.78. The summed E-state index contributed by atoms with van der Waals surface area (Å²) >= 11 is 6.46. The zero-order valence-electron chi connectivity index (χ0n) is 12.7. The Hall–Kier alpha value is -0.770. The molecule has 1 aliphatic rings. The van der Waals surface area contributed by atoms with Crippen LogP contribution in [0.1, 0.15) is 32.8 Å². The van der Waals surface area contributed by atoms with Crippen molar-refractivity contribution in [1.29, 1.82) is 0 Å². The molecule has 20 heavy (non-hydrogen) atoms. The first kappa shape index (κ1) is 15.6. The summed E-state index contributed by atoms with van der Waals surface area (Å²) in [4.78, 5) is 2.31. The Morgan fingerprint density at radius 2 is 2.20 bits per heavy atom. The van der Waals surface area contributed by atoms with E-state index in [1.807, 2.05) is 0 Å². The maximum atomic E-state index is 6.46. The molecule has 1 aromatic rings. The number of ether oxygens (including phenoxy) is 1. The summed E-state index contributed by atoms with van der Waals surface area (Å²) in [6.45, 7) is 10.9. The van der Waals surface area contributed by atoms with Crippen LogP contribution in [0.3, 0.4) is 0 Å². The average molecular weight is 297 g/mol. The molecule has 0 radical (unpaired) electrons. The van der Waals surface area contributed by atoms with E-state index in [0.717, 1.165) is 49.9 Å². The number of nitrogens with zero attached hydrogens (tertiary/aromatic N) is 1. The van der Waals surface area contributed by atoms with Crippen LogP contribution in [0.15, 0.2) is 18.2 Å². The number of rotatable bonds is 5. The van der Waals surface area contributed by atoms with Crippen molar-refractivity contribution < 1.29 is 4.74 Å². The summed E-state index contributed by atoms with van der Waals surface area (Å²) in [5, 5.41) is 4.23. The van der Waals surface area contributed by atoms with Crippen molar-refractivity contribution in [3.63, 3.8) is 0 Å². The SMILES string of the molecule is CCCNCc1ccc(N2CCOC(C)(C)C2)c(Cl)c1. The third-order valence-corrected chi connectivity index (χ3v) is 3.84. The van der Waals surface area contributed by atoms with E-state index in [1.165, 1.54) is 5.56 Å². The molecule has 1 saturated heterocycles. The first-order chi connectivity index (χ1) is 9.52. The predicted molar refractivity (Wildman–Crippen MR) is 85.7 cm³/mol. The number of hydrogen-bond acceptors (Lipinski definition) is 3. The lowest BCUT2D eigenvalue weighted by atomic mass is 10.1. The van der Waals surface area contributed by atoms with Crippen LogP contribution in [0.25, 0.3) is 0 Å². The Morgan fingerprint density at radius 3 is 2.85 bits per heavy atom. The fourth-order valence-corrected chi connectivity index (χ4v) is 2.87. The molecule has 0 unspecified atom stereocenters. The number of hydrogen-bond donors (Lipinski definition) is 1. The van der Waals surface area contributed by atoms with E-state index in [-0.39, 0.29) is 5.60 Å². The quantitative estimate of drug-likeness (QED) is 0.842. The van der Waals surface area contributed by atoms with Gasteiger partial charge >= 0.3 is 0 Å². The molecule has 3 nitrogen and oxygen atoms in total. The van der Waals surface area contributed by atoms with Crippen LogP contribution in [0, 0.1) is 0 Å². The molecule has 0 aromatic heterocycles. The van der Waals surface area contributed by atoms with Crippen LogP contribution in [0.5, 0.6) is 0 Å². The van der Waals surface area contributed by atoms with Gasteiger partial charge in [-0.15, -0.1) is 0 Å². The van der Waals surface area contributed by atoms with Gasteiger partial charge in [-0.3, -0.25) is 0 Å². The number of morpholine rings is 1. The fourth-order valence-electron chi connectivity index (χ4n) is 2.55. The van der Waals surface area contributed by atoms with E-state index >= 15 is 0 Å². The number of nitrogens with one attached hydrogen (secondary N) is 1. The molecule has 0 spiro atoms. The minimum Gasteiger partial charge on any atom is -0.372 e. The van der Waals surface area contributed by atoms with Gasteiger partial charge in [-0.1, -0.05) is 24.6 Å². The molecule has 0 aliphatic carbocycles. The Morgan fingerprint density at radius 1 is 1.40 bits per heavy atom. The second-order valence-corrected chi connectivity index (χ2v) is 6.40. The molecule has 0 amide bonds. The highest BCUT2D eigenvalue weighted by Gasteiger charge is 2.28. The van der Waals surface area contributed by atoms with Crippen molar-refractivity contribution in [1.82, 2.24) is 5.32 Å². The third kappa shape index (κ3) is 4.11.